The molecule has 0 fully saturated rings. The van der Waals surface area contributed by atoms with E-state index in [2.05, 4.69) is 16.2 Å². The first kappa shape index (κ1) is 22.6. The Morgan fingerprint density at radius 3 is 2.41 bits per heavy atom. The fourth-order valence-electron chi connectivity index (χ4n) is 1.81. The molecule has 0 aliphatic heterocycles. The zero-order valence-electron chi connectivity index (χ0n) is 14.2. The number of phenols is 1. The molecule has 150 valence electrons. The van der Waals surface area contributed by atoms with Gasteiger partial charge in [0.05, 0.1) is 11.7 Å². The number of amides is 3. The van der Waals surface area contributed by atoms with Crippen LogP contribution in [0, 0.1) is 0 Å². The molecule has 1 aromatic rings. The molecule has 27 heavy (non-hydrogen) atoms. The molecule has 11 nitrogen and oxygen atoms in total. The first-order valence-corrected chi connectivity index (χ1v) is 9.41. The molecule has 0 bridgehead atoms. The van der Waals surface area contributed by atoms with Gasteiger partial charge in [-0.3, -0.25) is 29.8 Å². The highest BCUT2D eigenvalue weighted by atomic mass is 35.5. The van der Waals surface area contributed by atoms with E-state index in [1.807, 2.05) is 0 Å². The van der Waals surface area contributed by atoms with Crippen LogP contribution < -0.4 is 21.9 Å². The van der Waals surface area contributed by atoms with Gasteiger partial charge in [0.15, 0.2) is 5.75 Å². The first-order chi connectivity index (χ1) is 12.5. The SMILES string of the molecule is CCC(=O)NNC(=O)C(N)CCC(=O)Nc1cc(Cl)cc(S(=O)(=O)O)c1O. The van der Waals surface area contributed by atoms with Crippen molar-refractivity contribution in [3.8, 4) is 5.75 Å². The molecule has 0 aliphatic rings. The second-order valence-corrected chi connectivity index (χ2v) is 7.19. The summed E-state index contributed by atoms with van der Waals surface area (Å²) in [7, 11) is -4.76. The lowest BCUT2D eigenvalue weighted by Gasteiger charge is -2.13. The van der Waals surface area contributed by atoms with Crippen molar-refractivity contribution in [3.05, 3.63) is 17.2 Å². The van der Waals surface area contributed by atoms with Gasteiger partial charge in [-0.2, -0.15) is 8.42 Å². The highest BCUT2D eigenvalue weighted by Crippen LogP contribution is 2.34. The number of aromatic hydroxyl groups is 1. The summed E-state index contributed by atoms with van der Waals surface area (Å²) in [6, 6.07) is 0.789. The molecule has 0 aliphatic carbocycles. The maximum atomic E-state index is 11.9. The zero-order valence-corrected chi connectivity index (χ0v) is 15.7. The van der Waals surface area contributed by atoms with Crippen molar-refractivity contribution in [2.45, 2.75) is 37.1 Å². The van der Waals surface area contributed by atoms with Crippen LogP contribution in [0.1, 0.15) is 26.2 Å². The summed E-state index contributed by atoms with van der Waals surface area (Å²) in [5.74, 6) is -2.71. The number of nitrogens with two attached hydrogens (primary N) is 1. The van der Waals surface area contributed by atoms with Crippen molar-refractivity contribution in [1.82, 2.24) is 10.9 Å². The fourth-order valence-corrected chi connectivity index (χ4v) is 2.72. The van der Waals surface area contributed by atoms with Crippen LogP contribution in [0.4, 0.5) is 5.69 Å². The number of halogens is 1. The topological polar surface area (TPSA) is 188 Å². The summed E-state index contributed by atoms with van der Waals surface area (Å²) in [6.45, 7) is 1.59. The number of carbonyl (C=O) groups is 3. The molecule has 7 N–H and O–H groups in total. The molecule has 3 amide bonds. The second kappa shape index (κ2) is 9.50. The molecule has 0 heterocycles. The number of carbonyl (C=O) groups excluding carboxylic acids is 3. The van der Waals surface area contributed by atoms with E-state index in [-0.39, 0.29) is 30.0 Å². The molecule has 0 radical (unpaired) electrons. The lowest BCUT2D eigenvalue weighted by atomic mass is 10.1. The van der Waals surface area contributed by atoms with Crippen molar-refractivity contribution in [2.24, 2.45) is 5.73 Å². The Labute approximate surface area is 160 Å². The van der Waals surface area contributed by atoms with E-state index in [1.165, 1.54) is 0 Å². The van der Waals surface area contributed by atoms with Gasteiger partial charge in [0, 0.05) is 17.9 Å². The van der Waals surface area contributed by atoms with Gasteiger partial charge in [-0.25, -0.2) is 0 Å². The number of hydrogen-bond donors (Lipinski definition) is 6. The Morgan fingerprint density at radius 1 is 1.22 bits per heavy atom. The summed E-state index contributed by atoms with van der Waals surface area (Å²) < 4.78 is 31.4. The molecule has 0 spiro atoms. The van der Waals surface area contributed by atoms with Crippen molar-refractivity contribution in [1.29, 1.82) is 0 Å². The van der Waals surface area contributed by atoms with E-state index in [4.69, 9.17) is 21.9 Å². The Balaban J connectivity index is 2.69. The highest BCUT2D eigenvalue weighted by Gasteiger charge is 2.21. The van der Waals surface area contributed by atoms with Crippen LogP contribution in [0.15, 0.2) is 17.0 Å². The average Bonchev–Trinajstić information content (AvgIpc) is 2.58. The number of nitrogens with one attached hydrogen (secondary N) is 3. The third-order valence-corrected chi connectivity index (χ3v) is 4.34. The Kier molecular flexibility index (Phi) is 7.97. The smallest absolute Gasteiger partial charge is 0.298 e. The molecule has 1 aromatic carbocycles. The molecule has 0 aromatic heterocycles. The van der Waals surface area contributed by atoms with Gasteiger partial charge in [0.1, 0.15) is 4.90 Å². The van der Waals surface area contributed by atoms with Crippen molar-refractivity contribution in [3.63, 3.8) is 0 Å². The van der Waals surface area contributed by atoms with E-state index in [0.717, 1.165) is 12.1 Å². The fraction of sp³-hybridized carbons (Fsp3) is 0.357. The zero-order chi connectivity index (χ0) is 20.8. The number of benzene rings is 1. The predicted molar refractivity (Wildman–Crippen MR) is 95.3 cm³/mol. The maximum absolute atomic E-state index is 11.9. The number of hydrogen-bond acceptors (Lipinski definition) is 7. The third kappa shape index (κ3) is 7.02. The number of phenolic OH excluding ortho intramolecular Hbond substituents is 1. The van der Waals surface area contributed by atoms with E-state index < -0.39 is 44.5 Å². The minimum absolute atomic E-state index is 0.105. The van der Waals surface area contributed by atoms with Gasteiger partial charge in [-0.05, 0) is 18.6 Å². The summed E-state index contributed by atoms with van der Waals surface area (Å²) in [4.78, 5) is 33.8. The quantitative estimate of drug-likeness (QED) is 0.199. The molecule has 1 rings (SSSR count). The molecule has 13 heteroatoms. The Bertz CT molecular complexity index is 844. The second-order valence-electron chi connectivity index (χ2n) is 5.36. The standard InChI is InChI=1S/C14H19ClN4O7S/c1-2-11(20)18-19-14(23)8(16)3-4-12(21)17-9-5-7(15)6-10(13(9)22)27(24,25)26/h5-6,8,22H,2-4,16H2,1H3,(H,17,21)(H,18,20)(H,19,23)(H,24,25,26). The van der Waals surface area contributed by atoms with Crippen LogP contribution in [0.25, 0.3) is 0 Å². The Morgan fingerprint density at radius 2 is 1.85 bits per heavy atom. The summed E-state index contributed by atoms with van der Waals surface area (Å²) in [5.41, 5.74) is 9.48. The summed E-state index contributed by atoms with van der Waals surface area (Å²) in [6.07, 6.45) is -0.206. The average molecular weight is 423 g/mol. The first-order valence-electron chi connectivity index (χ1n) is 7.59. The lowest BCUT2D eigenvalue weighted by molar-refractivity contribution is -0.129. The van der Waals surface area contributed by atoms with E-state index >= 15 is 0 Å². The monoisotopic (exact) mass is 422 g/mol. The number of anilines is 1. The lowest BCUT2D eigenvalue weighted by Crippen LogP contribution is -2.49. The van der Waals surface area contributed by atoms with Gasteiger partial charge in [0.25, 0.3) is 16.0 Å². The van der Waals surface area contributed by atoms with Crippen LogP contribution in [0.5, 0.6) is 5.75 Å². The van der Waals surface area contributed by atoms with Crippen molar-refractivity contribution in [2.75, 3.05) is 5.32 Å². The molecule has 0 saturated heterocycles. The van der Waals surface area contributed by atoms with Crippen LogP contribution in [0.3, 0.4) is 0 Å². The molecular formula is C14H19ClN4O7S. The summed E-state index contributed by atoms with van der Waals surface area (Å²) in [5, 5.41) is 11.9. The van der Waals surface area contributed by atoms with Crippen LogP contribution in [-0.2, 0) is 24.5 Å². The van der Waals surface area contributed by atoms with Gasteiger partial charge in [0.2, 0.25) is 11.8 Å². The largest absolute Gasteiger partial charge is 0.504 e. The van der Waals surface area contributed by atoms with Crippen LogP contribution in [0.2, 0.25) is 5.02 Å². The minimum Gasteiger partial charge on any atom is -0.504 e. The van der Waals surface area contributed by atoms with Crippen molar-refractivity contribution < 1.29 is 32.5 Å². The van der Waals surface area contributed by atoms with Crippen LogP contribution >= 0.6 is 11.6 Å². The van der Waals surface area contributed by atoms with Gasteiger partial charge in [-0.15, -0.1) is 0 Å². The van der Waals surface area contributed by atoms with Crippen molar-refractivity contribution >= 4 is 45.1 Å². The van der Waals surface area contributed by atoms with Gasteiger partial charge >= 0.3 is 0 Å². The van der Waals surface area contributed by atoms with Gasteiger partial charge in [-0.1, -0.05) is 18.5 Å². The number of rotatable bonds is 7. The highest BCUT2D eigenvalue weighted by molar-refractivity contribution is 7.86. The third-order valence-electron chi connectivity index (χ3n) is 3.26. The van der Waals surface area contributed by atoms with E-state index in [9.17, 15) is 27.9 Å². The molecular weight excluding hydrogens is 404 g/mol. The molecule has 1 atom stereocenters. The molecule has 1 unspecified atom stereocenters. The summed E-state index contributed by atoms with van der Waals surface area (Å²) >= 11 is 5.71. The number of hydrazine groups is 1. The van der Waals surface area contributed by atoms with Gasteiger partial charge < -0.3 is 16.2 Å². The van der Waals surface area contributed by atoms with Crippen LogP contribution in [-0.4, -0.2) is 41.8 Å². The normalized spacial score (nSPS) is 12.1. The van der Waals surface area contributed by atoms with E-state index in [0.29, 0.717) is 0 Å². The minimum atomic E-state index is -4.76. The molecule has 0 saturated carbocycles. The maximum Gasteiger partial charge on any atom is 0.298 e. The van der Waals surface area contributed by atoms with E-state index in [1.54, 1.807) is 6.92 Å². The predicted octanol–water partition coefficient (Wildman–Crippen LogP) is -0.104. The Hall–Kier alpha value is -2.41.